The lowest BCUT2D eigenvalue weighted by Crippen LogP contribution is -2.15. The third-order valence-corrected chi connectivity index (χ3v) is 3.95. The van der Waals surface area contributed by atoms with Crippen molar-refractivity contribution in [3.05, 3.63) is 84.1 Å². The second-order valence-electron chi connectivity index (χ2n) is 5.71. The molecule has 0 fully saturated rings. The average Bonchev–Trinajstić information content (AvgIpc) is 3.11. The summed E-state index contributed by atoms with van der Waals surface area (Å²) < 4.78 is 41.7. The molecule has 0 spiro atoms. The van der Waals surface area contributed by atoms with Gasteiger partial charge in [-0.05, 0) is 30.3 Å². The maximum absolute atomic E-state index is 13.7. The fourth-order valence-electron chi connectivity index (χ4n) is 2.59. The van der Waals surface area contributed by atoms with Crippen LogP contribution in [0.5, 0.6) is 0 Å². The molecule has 1 amide bonds. The van der Waals surface area contributed by atoms with Crippen LogP contribution in [0.2, 0.25) is 0 Å². The second kappa shape index (κ2) is 6.56. The van der Waals surface area contributed by atoms with E-state index in [1.54, 1.807) is 40.9 Å². The topological polar surface area (TPSA) is 59.3 Å². The number of halogens is 3. The van der Waals surface area contributed by atoms with Crippen LogP contribution in [0.1, 0.15) is 10.4 Å². The maximum atomic E-state index is 13.7. The Kier molecular flexibility index (Phi) is 4.08. The Morgan fingerprint density at radius 1 is 1.00 bits per heavy atom. The largest absolute Gasteiger partial charge is 0.322 e. The van der Waals surface area contributed by atoms with Crippen molar-refractivity contribution in [1.29, 1.82) is 0 Å². The number of anilines is 1. The minimum absolute atomic E-state index is 0.370. The molecule has 0 atom stereocenters. The third-order valence-electron chi connectivity index (χ3n) is 3.95. The molecule has 4 rings (SSSR count). The molecule has 2 aromatic carbocycles. The molecule has 0 saturated heterocycles. The van der Waals surface area contributed by atoms with Crippen LogP contribution >= 0.6 is 0 Å². The highest BCUT2D eigenvalue weighted by Crippen LogP contribution is 2.22. The number of aromatic nitrogens is 3. The van der Waals surface area contributed by atoms with Crippen LogP contribution in [0, 0.1) is 17.5 Å². The van der Waals surface area contributed by atoms with E-state index in [0.29, 0.717) is 23.2 Å². The van der Waals surface area contributed by atoms with E-state index in [2.05, 4.69) is 15.3 Å². The van der Waals surface area contributed by atoms with Gasteiger partial charge in [-0.15, -0.1) is 0 Å². The zero-order chi connectivity index (χ0) is 19.0. The van der Waals surface area contributed by atoms with Crippen molar-refractivity contribution in [1.82, 2.24) is 14.4 Å². The van der Waals surface area contributed by atoms with Gasteiger partial charge in [-0.1, -0.05) is 12.1 Å². The van der Waals surface area contributed by atoms with Crippen molar-refractivity contribution in [3.8, 4) is 11.3 Å². The first-order valence-corrected chi connectivity index (χ1v) is 7.88. The van der Waals surface area contributed by atoms with Crippen molar-refractivity contribution < 1.29 is 18.0 Å². The molecule has 2 heterocycles. The highest BCUT2D eigenvalue weighted by molar-refractivity contribution is 6.04. The Morgan fingerprint density at radius 2 is 1.78 bits per heavy atom. The molecular formula is C19H11F3N4O. The quantitative estimate of drug-likeness (QED) is 0.555. The minimum atomic E-state index is -1.68. The Hall–Kier alpha value is -3.68. The molecule has 0 radical (unpaired) electrons. The summed E-state index contributed by atoms with van der Waals surface area (Å²) in [5, 5.41) is 2.44. The lowest BCUT2D eigenvalue weighted by molar-refractivity contribution is 0.102. The molecule has 0 unspecified atom stereocenters. The van der Waals surface area contributed by atoms with Gasteiger partial charge < -0.3 is 5.32 Å². The number of nitrogens with one attached hydrogen (secondary N) is 1. The smallest absolute Gasteiger partial charge is 0.258 e. The van der Waals surface area contributed by atoms with Crippen molar-refractivity contribution in [2.75, 3.05) is 5.32 Å². The molecule has 0 bridgehead atoms. The van der Waals surface area contributed by atoms with Crippen LogP contribution in [0.4, 0.5) is 18.9 Å². The van der Waals surface area contributed by atoms with Gasteiger partial charge in [0.15, 0.2) is 17.5 Å². The third kappa shape index (κ3) is 3.12. The van der Waals surface area contributed by atoms with Crippen LogP contribution in [-0.4, -0.2) is 20.3 Å². The van der Waals surface area contributed by atoms with E-state index in [-0.39, 0.29) is 0 Å². The average molecular weight is 368 g/mol. The van der Waals surface area contributed by atoms with Gasteiger partial charge in [-0.2, -0.15) is 0 Å². The van der Waals surface area contributed by atoms with E-state index >= 15 is 0 Å². The van der Waals surface area contributed by atoms with Crippen LogP contribution in [0.3, 0.4) is 0 Å². The molecule has 8 heteroatoms. The second-order valence-corrected chi connectivity index (χ2v) is 5.71. The highest BCUT2D eigenvalue weighted by atomic mass is 19.2. The molecule has 5 nitrogen and oxygen atoms in total. The van der Waals surface area contributed by atoms with Gasteiger partial charge in [0, 0.05) is 29.8 Å². The normalized spacial score (nSPS) is 10.9. The Labute approximate surface area is 151 Å². The number of hydrogen-bond donors (Lipinski definition) is 1. The number of hydrogen-bond acceptors (Lipinski definition) is 3. The van der Waals surface area contributed by atoms with E-state index in [1.807, 2.05) is 12.4 Å². The summed E-state index contributed by atoms with van der Waals surface area (Å²) in [5.41, 5.74) is 1.27. The molecule has 2 aromatic heterocycles. The lowest BCUT2D eigenvalue weighted by atomic mass is 10.1. The molecule has 1 N–H and O–H groups in total. The van der Waals surface area contributed by atoms with Gasteiger partial charge in [0.2, 0.25) is 5.78 Å². The van der Waals surface area contributed by atoms with E-state index in [9.17, 15) is 18.0 Å². The van der Waals surface area contributed by atoms with Crippen LogP contribution in [0.15, 0.2) is 61.1 Å². The van der Waals surface area contributed by atoms with Gasteiger partial charge in [0.25, 0.3) is 5.91 Å². The molecule has 0 aliphatic heterocycles. The number of imidazole rings is 1. The first-order valence-electron chi connectivity index (χ1n) is 7.88. The number of fused-ring (bicyclic) bond motifs is 1. The summed E-state index contributed by atoms with van der Waals surface area (Å²) in [6, 6.07) is 10.0. The van der Waals surface area contributed by atoms with Gasteiger partial charge in [0.1, 0.15) is 0 Å². The molecule has 4 aromatic rings. The number of benzene rings is 2. The number of amides is 1. The molecular weight excluding hydrogens is 357 g/mol. The first-order chi connectivity index (χ1) is 13.0. The van der Waals surface area contributed by atoms with Gasteiger partial charge in [0.05, 0.1) is 11.3 Å². The standard InChI is InChI=1S/C19H11F3N4O/c20-14-7-6-13(16(21)17(14)22)18(27)24-12-4-2-11(3-5-12)15-10-26-9-1-8-23-19(26)25-15/h1-10H,(H,24,27). The van der Waals surface area contributed by atoms with E-state index in [1.165, 1.54) is 0 Å². The number of rotatable bonds is 3. The number of carbonyl (C=O) groups excluding carboxylic acids is 1. The molecule has 0 aliphatic carbocycles. The molecule has 27 heavy (non-hydrogen) atoms. The zero-order valence-corrected chi connectivity index (χ0v) is 13.7. The fraction of sp³-hybridized carbons (Fsp3) is 0. The van der Waals surface area contributed by atoms with E-state index in [0.717, 1.165) is 11.6 Å². The van der Waals surface area contributed by atoms with E-state index in [4.69, 9.17) is 0 Å². The van der Waals surface area contributed by atoms with Crippen molar-refractivity contribution in [2.24, 2.45) is 0 Å². The first kappa shape index (κ1) is 16.8. The fourth-order valence-corrected chi connectivity index (χ4v) is 2.59. The van der Waals surface area contributed by atoms with Crippen molar-refractivity contribution in [3.63, 3.8) is 0 Å². The van der Waals surface area contributed by atoms with Crippen molar-refractivity contribution >= 4 is 17.4 Å². The summed E-state index contributed by atoms with van der Waals surface area (Å²) in [7, 11) is 0. The summed E-state index contributed by atoms with van der Waals surface area (Å²) >= 11 is 0. The number of nitrogens with zero attached hydrogens (tertiary/aromatic N) is 3. The molecule has 0 saturated carbocycles. The van der Waals surface area contributed by atoms with Crippen LogP contribution in [-0.2, 0) is 0 Å². The highest BCUT2D eigenvalue weighted by Gasteiger charge is 2.18. The monoisotopic (exact) mass is 368 g/mol. The summed E-state index contributed by atoms with van der Waals surface area (Å²) in [6.45, 7) is 0. The predicted octanol–water partition coefficient (Wildman–Crippen LogP) is 4.07. The summed E-state index contributed by atoms with van der Waals surface area (Å²) in [4.78, 5) is 20.6. The lowest BCUT2D eigenvalue weighted by Gasteiger charge is -2.07. The maximum Gasteiger partial charge on any atom is 0.258 e. The van der Waals surface area contributed by atoms with Gasteiger partial charge >= 0.3 is 0 Å². The Morgan fingerprint density at radius 3 is 2.52 bits per heavy atom. The Balaban J connectivity index is 1.56. The van der Waals surface area contributed by atoms with Gasteiger partial charge in [-0.3, -0.25) is 9.20 Å². The molecule has 0 aliphatic rings. The Bertz CT molecular complexity index is 1120. The molecule has 134 valence electrons. The van der Waals surface area contributed by atoms with Gasteiger partial charge in [-0.25, -0.2) is 23.1 Å². The van der Waals surface area contributed by atoms with E-state index < -0.39 is 28.9 Å². The van der Waals surface area contributed by atoms with Crippen LogP contribution in [0.25, 0.3) is 17.0 Å². The number of carbonyl (C=O) groups is 1. The minimum Gasteiger partial charge on any atom is -0.322 e. The van der Waals surface area contributed by atoms with Crippen LogP contribution < -0.4 is 5.32 Å². The zero-order valence-electron chi connectivity index (χ0n) is 13.7. The summed E-state index contributed by atoms with van der Waals surface area (Å²) in [5.74, 6) is -4.88. The summed E-state index contributed by atoms with van der Waals surface area (Å²) in [6.07, 6.45) is 5.28. The SMILES string of the molecule is O=C(Nc1ccc(-c2cn3cccnc3n2)cc1)c1ccc(F)c(F)c1F. The predicted molar refractivity (Wildman–Crippen MR) is 92.7 cm³/mol. The van der Waals surface area contributed by atoms with Crippen molar-refractivity contribution in [2.45, 2.75) is 0 Å².